The number of anilines is 2. The van der Waals surface area contributed by atoms with E-state index in [2.05, 4.69) is 15.3 Å². The van der Waals surface area contributed by atoms with Crippen molar-refractivity contribution in [2.45, 2.75) is 31.6 Å². The first-order valence-corrected chi connectivity index (χ1v) is 10.2. The number of carbonyl (C=O) groups excluding carboxylic acids is 1. The number of benzene rings is 2. The van der Waals surface area contributed by atoms with Crippen LogP contribution in [0.5, 0.6) is 0 Å². The van der Waals surface area contributed by atoms with Gasteiger partial charge in [0.25, 0.3) is 0 Å². The number of nitrogens with two attached hydrogens (primary N) is 1. The van der Waals surface area contributed by atoms with Crippen molar-refractivity contribution in [2.24, 2.45) is 0 Å². The number of nitrogen functional groups attached to an aromatic ring is 1. The van der Waals surface area contributed by atoms with Gasteiger partial charge in [0.05, 0.1) is 5.69 Å². The highest BCUT2D eigenvalue weighted by Gasteiger charge is 2.38. The minimum absolute atomic E-state index is 0.0691. The van der Waals surface area contributed by atoms with Crippen LogP contribution in [0, 0.1) is 0 Å². The second-order valence-electron chi connectivity index (χ2n) is 7.46. The van der Waals surface area contributed by atoms with Crippen molar-refractivity contribution in [2.75, 3.05) is 11.1 Å². The van der Waals surface area contributed by atoms with Crippen LogP contribution in [0.15, 0.2) is 66.9 Å². The van der Waals surface area contributed by atoms with Gasteiger partial charge in [0.2, 0.25) is 5.95 Å². The maximum absolute atomic E-state index is 12.8. The maximum Gasteiger partial charge on any atom is 0.490 e. The van der Waals surface area contributed by atoms with Crippen LogP contribution in [0.1, 0.15) is 18.4 Å². The van der Waals surface area contributed by atoms with Crippen molar-refractivity contribution < 1.29 is 27.9 Å². The molecule has 1 heterocycles. The number of carboxylic acid groups (broad SMARTS) is 1. The molecule has 1 fully saturated rings. The molecule has 0 radical (unpaired) electrons. The highest BCUT2D eigenvalue weighted by atomic mass is 19.4. The smallest absolute Gasteiger partial charge is 0.475 e. The third kappa shape index (κ3) is 7.19. The van der Waals surface area contributed by atoms with E-state index in [0.29, 0.717) is 12.6 Å². The van der Waals surface area contributed by atoms with E-state index in [9.17, 15) is 18.0 Å². The first-order valence-electron chi connectivity index (χ1n) is 10.2. The second-order valence-corrected chi connectivity index (χ2v) is 7.46. The number of amides is 2. The summed E-state index contributed by atoms with van der Waals surface area (Å²) in [6.45, 7) is 0.621. The van der Waals surface area contributed by atoms with Crippen LogP contribution < -0.4 is 11.1 Å². The summed E-state index contributed by atoms with van der Waals surface area (Å²) in [5.74, 6) is -2.52. The Balaban J connectivity index is 0.000000406. The Morgan fingerprint density at radius 3 is 2.21 bits per heavy atom. The van der Waals surface area contributed by atoms with Gasteiger partial charge in [-0.2, -0.15) is 13.2 Å². The first-order chi connectivity index (χ1) is 16.1. The Labute approximate surface area is 193 Å². The van der Waals surface area contributed by atoms with E-state index in [4.69, 9.17) is 15.6 Å². The Kier molecular flexibility index (Phi) is 7.67. The summed E-state index contributed by atoms with van der Waals surface area (Å²) in [4.78, 5) is 31.7. The van der Waals surface area contributed by atoms with E-state index in [0.717, 1.165) is 35.3 Å². The lowest BCUT2D eigenvalue weighted by Gasteiger charge is -2.23. The van der Waals surface area contributed by atoms with Crippen LogP contribution in [-0.2, 0) is 11.3 Å². The van der Waals surface area contributed by atoms with Crippen molar-refractivity contribution in [3.05, 3.63) is 72.4 Å². The molecule has 1 saturated carbocycles. The molecule has 11 heteroatoms. The summed E-state index contributed by atoms with van der Waals surface area (Å²) < 4.78 is 31.7. The fraction of sp³-hybridized carbons (Fsp3) is 0.217. The number of hydrogen-bond donors (Lipinski definition) is 3. The van der Waals surface area contributed by atoms with Gasteiger partial charge in [-0.15, -0.1) is 0 Å². The van der Waals surface area contributed by atoms with Gasteiger partial charge in [-0.3, -0.25) is 0 Å². The molecule has 4 N–H and O–H groups in total. The van der Waals surface area contributed by atoms with E-state index in [-0.39, 0.29) is 12.0 Å². The lowest BCUT2D eigenvalue weighted by atomic mass is 10.1. The van der Waals surface area contributed by atoms with Crippen molar-refractivity contribution in [3.63, 3.8) is 0 Å². The number of rotatable bonds is 5. The Bertz CT molecular complexity index is 1120. The molecule has 34 heavy (non-hydrogen) atoms. The number of hydrogen-bond acceptors (Lipinski definition) is 5. The first kappa shape index (κ1) is 24.5. The molecule has 178 valence electrons. The van der Waals surface area contributed by atoms with Crippen molar-refractivity contribution in [1.82, 2.24) is 14.9 Å². The lowest BCUT2D eigenvalue weighted by Crippen LogP contribution is -2.36. The molecule has 1 aliphatic rings. The highest BCUT2D eigenvalue weighted by Crippen LogP contribution is 2.29. The average molecular weight is 473 g/mol. The van der Waals surface area contributed by atoms with Crippen molar-refractivity contribution in [3.8, 4) is 11.3 Å². The molecule has 4 rings (SSSR count). The predicted octanol–water partition coefficient (Wildman–Crippen LogP) is 4.56. The Morgan fingerprint density at radius 2 is 1.68 bits per heavy atom. The number of nitrogens with zero attached hydrogens (tertiary/aromatic N) is 3. The van der Waals surface area contributed by atoms with E-state index in [1.54, 1.807) is 12.3 Å². The molecule has 3 aromatic rings. The molecule has 0 spiro atoms. The fourth-order valence-corrected chi connectivity index (χ4v) is 2.99. The highest BCUT2D eigenvalue weighted by molar-refractivity contribution is 5.90. The quantitative estimate of drug-likeness (QED) is 0.500. The summed E-state index contributed by atoms with van der Waals surface area (Å²) in [6, 6.07) is 19.7. The van der Waals surface area contributed by atoms with Gasteiger partial charge in [0, 0.05) is 30.0 Å². The van der Waals surface area contributed by atoms with Crippen LogP contribution in [0.2, 0.25) is 0 Å². The molecule has 0 aliphatic heterocycles. The summed E-state index contributed by atoms with van der Waals surface area (Å²) in [5, 5.41) is 10.1. The molecule has 2 aromatic carbocycles. The van der Waals surface area contributed by atoms with Gasteiger partial charge >= 0.3 is 18.2 Å². The normalized spacial score (nSPS) is 12.8. The van der Waals surface area contributed by atoms with Gasteiger partial charge in [-0.25, -0.2) is 19.6 Å². The number of aromatic nitrogens is 2. The fourth-order valence-electron chi connectivity index (χ4n) is 2.99. The number of carboxylic acids is 1. The topological polar surface area (TPSA) is 121 Å². The summed E-state index contributed by atoms with van der Waals surface area (Å²) in [5.41, 5.74) is 9.20. The molecular formula is C23H22F3N5O3. The largest absolute Gasteiger partial charge is 0.490 e. The number of carbonyl (C=O) groups is 2. The minimum atomic E-state index is -5.08. The number of aliphatic carboxylic acids is 1. The van der Waals surface area contributed by atoms with Crippen molar-refractivity contribution in [1.29, 1.82) is 0 Å². The third-order valence-corrected chi connectivity index (χ3v) is 4.79. The molecule has 0 bridgehead atoms. The number of urea groups is 1. The van der Waals surface area contributed by atoms with Crippen LogP contribution >= 0.6 is 0 Å². The maximum atomic E-state index is 12.8. The van der Waals surface area contributed by atoms with Gasteiger partial charge in [0.1, 0.15) is 0 Å². The molecule has 0 unspecified atom stereocenters. The molecular weight excluding hydrogens is 451 g/mol. The standard InChI is InChI=1S/C21H21N5O.C2HF3O2/c22-20-23-13-12-19(25-20)16-6-8-17(9-7-16)24-21(27)26(18-10-11-18)14-15-4-2-1-3-5-15;3-2(4,5)1(6)7/h1-9,12-13,18H,10-11,14H2,(H,24,27)(H2,22,23,25);(H,6,7). The van der Waals surface area contributed by atoms with Gasteiger partial charge in [-0.1, -0.05) is 42.5 Å². The molecule has 0 atom stereocenters. The van der Waals surface area contributed by atoms with Crippen LogP contribution in [-0.4, -0.2) is 44.2 Å². The number of alkyl halides is 3. The number of nitrogens with one attached hydrogen (secondary N) is 1. The van der Waals surface area contributed by atoms with Crippen LogP contribution in [0.25, 0.3) is 11.3 Å². The van der Waals surface area contributed by atoms with Gasteiger partial charge in [-0.05, 0) is 36.6 Å². The van der Waals surface area contributed by atoms with Gasteiger partial charge in [0.15, 0.2) is 0 Å². The third-order valence-electron chi connectivity index (χ3n) is 4.79. The predicted molar refractivity (Wildman–Crippen MR) is 120 cm³/mol. The lowest BCUT2D eigenvalue weighted by molar-refractivity contribution is -0.192. The minimum Gasteiger partial charge on any atom is -0.475 e. The number of halogens is 3. The van der Waals surface area contributed by atoms with Crippen LogP contribution in [0.3, 0.4) is 0 Å². The van der Waals surface area contributed by atoms with E-state index in [1.165, 1.54) is 0 Å². The van der Waals surface area contributed by atoms with Gasteiger partial charge < -0.3 is 21.1 Å². The summed E-state index contributed by atoms with van der Waals surface area (Å²) in [7, 11) is 0. The zero-order chi connectivity index (χ0) is 24.7. The SMILES string of the molecule is Nc1nccc(-c2ccc(NC(=O)N(Cc3ccccc3)C3CC3)cc2)n1.O=C(O)C(F)(F)F. The second kappa shape index (κ2) is 10.6. The molecule has 1 aliphatic carbocycles. The molecule has 0 saturated heterocycles. The van der Waals surface area contributed by atoms with Crippen molar-refractivity contribution >= 4 is 23.6 Å². The summed E-state index contributed by atoms with van der Waals surface area (Å²) in [6.07, 6.45) is -1.33. The molecule has 1 aromatic heterocycles. The zero-order valence-electron chi connectivity index (χ0n) is 17.9. The average Bonchev–Trinajstić information content (AvgIpc) is 3.64. The Hall–Kier alpha value is -4.15. The van der Waals surface area contributed by atoms with Crippen LogP contribution in [0.4, 0.5) is 29.6 Å². The Morgan fingerprint density at radius 1 is 1.06 bits per heavy atom. The monoisotopic (exact) mass is 473 g/mol. The van der Waals surface area contributed by atoms with E-state index >= 15 is 0 Å². The molecule has 2 amide bonds. The van der Waals surface area contributed by atoms with E-state index in [1.807, 2.05) is 59.5 Å². The zero-order valence-corrected chi connectivity index (χ0v) is 17.9. The molecule has 8 nitrogen and oxygen atoms in total. The summed E-state index contributed by atoms with van der Waals surface area (Å²) >= 11 is 0. The van der Waals surface area contributed by atoms with E-state index < -0.39 is 12.1 Å².